The second-order valence-corrected chi connectivity index (χ2v) is 4.14. The average Bonchev–Trinajstić information content (AvgIpc) is 2.35. The molecule has 20 heavy (non-hydrogen) atoms. The van der Waals surface area contributed by atoms with Crippen LogP contribution in [0, 0.1) is 10.1 Å². The molecule has 9 heteroatoms. The van der Waals surface area contributed by atoms with Gasteiger partial charge in [-0.1, -0.05) is 0 Å². The van der Waals surface area contributed by atoms with Gasteiger partial charge < -0.3 is 10.2 Å². The lowest BCUT2D eigenvalue weighted by Gasteiger charge is -2.19. The van der Waals surface area contributed by atoms with Crippen LogP contribution in [0.3, 0.4) is 0 Å². The lowest BCUT2D eigenvalue weighted by atomic mass is 10.3. The van der Waals surface area contributed by atoms with Crippen molar-refractivity contribution in [3.63, 3.8) is 0 Å². The van der Waals surface area contributed by atoms with Gasteiger partial charge in [-0.05, 0) is 6.92 Å². The highest BCUT2D eigenvalue weighted by Gasteiger charge is 2.27. The minimum Gasteiger partial charge on any atom is -0.370 e. The summed E-state index contributed by atoms with van der Waals surface area (Å²) in [6, 6.07) is 2.39. The molecule has 1 N–H and O–H groups in total. The summed E-state index contributed by atoms with van der Waals surface area (Å²) in [5.41, 5.74) is -0.218. The molecule has 0 aliphatic carbocycles. The summed E-state index contributed by atoms with van der Waals surface area (Å²) in [5, 5.41) is 13.6. The first-order valence-electron chi connectivity index (χ1n) is 5.91. The first-order valence-corrected chi connectivity index (χ1v) is 5.91. The first-order chi connectivity index (χ1) is 9.23. The van der Waals surface area contributed by atoms with Crippen molar-refractivity contribution >= 4 is 17.3 Å². The van der Waals surface area contributed by atoms with Crippen LogP contribution in [0.15, 0.2) is 12.1 Å². The van der Waals surface area contributed by atoms with Gasteiger partial charge in [-0.3, -0.25) is 10.1 Å². The number of rotatable bonds is 6. The number of nitro groups is 1. The number of hydrogen-bond donors (Lipinski definition) is 1. The SMILES string of the molecule is CCNc1cc([N+](=O)[O-])cc(N(C)CCC(F)(F)F)n1. The van der Waals surface area contributed by atoms with Crippen molar-refractivity contribution in [3.05, 3.63) is 22.2 Å². The molecular weight excluding hydrogens is 277 g/mol. The van der Waals surface area contributed by atoms with E-state index in [9.17, 15) is 23.3 Å². The molecule has 0 aromatic carbocycles. The normalized spacial score (nSPS) is 11.2. The van der Waals surface area contributed by atoms with Crippen molar-refractivity contribution in [2.75, 3.05) is 30.4 Å². The number of alkyl halides is 3. The molecule has 0 unspecified atom stereocenters. The lowest BCUT2D eigenvalue weighted by molar-refractivity contribution is -0.384. The minimum absolute atomic E-state index is 0.124. The summed E-state index contributed by atoms with van der Waals surface area (Å²) in [7, 11) is 1.41. The van der Waals surface area contributed by atoms with Gasteiger partial charge in [-0.15, -0.1) is 0 Å². The molecule has 6 nitrogen and oxygen atoms in total. The van der Waals surface area contributed by atoms with Crippen molar-refractivity contribution in [2.45, 2.75) is 19.5 Å². The zero-order valence-corrected chi connectivity index (χ0v) is 11.1. The molecule has 0 spiro atoms. The molecule has 0 atom stereocenters. The number of nitrogens with zero attached hydrogens (tertiary/aromatic N) is 3. The summed E-state index contributed by atoms with van der Waals surface area (Å²) in [6.45, 7) is 1.97. The molecule has 0 saturated heterocycles. The molecule has 0 fully saturated rings. The average molecular weight is 292 g/mol. The van der Waals surface area contributed by atoms with Crippen LogP contribution in [0.4, 0.5) is 30.5 Å². The Kier molecular flexibility index (Phi) is 5.12. The highest BCUT2D eigenvalue weighted by Crippen LogP contribution is 2.25. The van der Waals surface area contributed by atoms with Crippen LogP contribution >= 0.6 is 0 Å². The zero-order valence-electron chi connectivity index (χ0n) is 11.1. The summed E-state index contributed by atoms with van der Waals surface area (Å²) in [4.78, 5) is 15.5. The maximum atomic E-state index is 12.2. The molecule has 1 aromatic rings. The molecule has 1 rings (SSSR count). The Hall–Kier alpha value is -2.06. The van der Waals surface area contributed by atoms with Crippen LogP contribution in [0.5, 0.6) is 0 Å². The number of nitrogens with one attached hydrogen (secondary N) is 1. The van der Waals surface area contributed by atoms with E-state index in [0.717, 1.165) is 6.07 Å². The van der Waals surface area contributed by atoms with Gasteiger partial charge in [0.15, 0.2) is 0 Å². The fraction of sp³-hybridized carbons (Fsp3) is 0.545. The van der Waals surface area contributed by atoms with Crippen molar-refractivity contribution in [1.82, 2.24) is 4.98 Å². The molecule has 0 amide bonds. The number of halogens is 3. The molecular formula is C11H15F3N4O2. The fourth-order valence-corrected chi connectivity index (χ4v) is 1.48. The van der Waals surface area contributed by atoms with E-state index in [1.54, 1.807) is 6.92 Å². The predicted octanol–water partition coefficient (Wildman–Crippen LogP) is 2.81. The number of anilines is 2. The molecule has 0 bridgehead atoms. The van der Waals surface area contributed by atoms with Crippen LogP contribution in [0.2, 0.25) is 0 Å². The van der Waals surface area contributed by atoms with Gasteiger partial charge >= 0.3 is 6.18 Å². The summed E-state index contributed by atoms with van der Waals surface area (Å²) >= 11 is 0. The highest BCUT2D eigenvalue weighted by molar-refractivity contribution is 5.55. The number of aromatic nitrogens is 1. The Bertz CT molecular complexity index is 479. The van der Waals surface area contributed by atoms with Crippen LogP contribution in [-0.2, 0) is 0 Å². The first kappa shape index (κ1) is 16.0. The summed E-state index contributed by atoms with van der Waals surface area (Å²) in [6.07, 6.45) is -5.29. The van der Waals surface area contributed by atoms with E-state index in [4.69, 9.17) is 0 Å². The maximum absolute atomic E-state index is 12.2. The maximum Gasteiger partial charge on any atom is 0.390 e. The number of hydrogen-bond acceptors (Lipinski definition) is 5. The molecule has 0 aliphatic rings. The fourth-order valence-electron chi connectivity index (χ4n) is 1.48. The third kappa shape index (κ3) is 4.90. The van der Waals surface area contributed by atoms with E-state index < -0.39 is 17.5 Å². The quantitative estimate of drug-likeness (QED) is 0.645. The Balaban J connectivity index is 2.94. The van der Waals surface area contributed by atoms with E-state index in [1.807, 2.05) is 0 Å². The van der Waals surface area contributed by atoms with Gasteiger partial charge in [0.1, 0.15) is 11.6 Å². The zero-order chi connectivity index (χ0) is 15.3. The second kappa shape index (κ2) is 6.40. The Morgan fingerprint density at radius 3 is 2.60 bits per heavy atom. The van der Waals surface area contributed by atoms with Gasteiger partial charge in [-0.25, -0.2) is 4.98 Å². The van der Waals surface area contributed by atoms with Crippen LogP contribution < -0.4 is 10.2 Å². The topological polar surface area (TPSA) is 71.3 Å². The smallest absolute Gasteiger partial charge is 0.370 e. The molecule has 112 valence electrons. The van der Waals surface area contributed by atoms with Gasteiger partial charge in [0.2, 0.25) is 0 Å². The van der Waals surface area contributed by atoms with Gasteiger partial charge in [0.25, 0.3) is 5.69 Å². The molecule has 0 radical (unpaired) electrons. The third-order valence-electron chi connectivity index (χ3n) is 2.49. The largest absolute Gasteiger partial charge is 0.390 e. The monoisotopic (exact) mass is 292 g/mol. The van der Waals surface area contributed by atoms with E-state index >= 15 is 0 Å². The highest BCUT2D eigenvalue weighted by atomic mass is 19.4. The molecule has 0 saturated carbocycles. The van der Waals surface area contributed by atoms with E-state index in [1.165, 1.54) is 18.0 Å². The Morgan fingerprint density at radius 1 is 1.45 bits per heavy atom. The van der Waals surface area contributed by atoms with Gasteiger partial charge in [0, 0.05) is 20.1 Å². The number of pyridine rings is 1. The van der Waals surface area contributed by atoms with Crippen LogP contribution in [-0.4, -0.2) is 36.2 Å². The van der Waals surface area contributed by atoms with Gasteiger partial charge in [-0.2, -0.15) is 13.2 Å². The lowest BCUT2D eigenvalue weighted by Crippen LogP contribution is -2.25. The van der Waals surface area contributed by atoms with Crippen molar-refractivity contribution < 1.29 is 18.1 Å². The Labute approximate surface area is 113 Å². The minimum atomic E-state index is -4.28. The van der Waals surface area contributed by atoms with E-state index in [0.29, 0.717) is 6.54 Å². The third-order valence-corrected chi connectivity index (χ3v) is 2.49. The van der Waals surface area contributed by atoms with Crippen LogP contribution in [0.1, 0.15) is 13.3 Å². The van der Waals surface area contributed by atoms with Crippen molar-refractivity contribution in [2.24, 2.45) is 0 Å². The Morgan fingerprint density at radius 2 is 2.10 bits per heavy atom. The van der Waals surface area contributed by atoms with Crippen LogP contribution in [0.25, 0.3) is 0 Å². The summed E-state index contributed by atoms with van der Waals surface area (Å²) < 4.78 is 36.5. The van der Waals surface area contributed by atoms with Crippen molar-refractivity contribution in [3.8, 4) is 0 Å². The van der Waals surface area contributed by atoms with Gasteiger partial charge in [0.05, 0.1) is 23.5 Å². The van der Waals surface area contributed by atoms with E-state index in [-0.39, 0.29) is 23.9 Å². The predicted molar refractivity (Wildman–Crippen MR) is 69.0 cm³/mol. The molecule has 1 heterocycles. The standard InChI is InChI=1S/C11H15F3N4O2/c1-3-15-9-6-8(18(19)20)7-10(16-9)17(2)5-4-11(12,13)14/h6-7H,3-5H2,1-2H3,(H,15,16). The molecule has 1 aromatic heterocycles. The van der Waals surface area contributed by atoms with Crippen molar-refractivity contribution in [1.29, 1.82) is 0 Å². The van der Waals surface area contributed by atoms with E-state index in [2.05, 4.69) is 10.3 Å². The molecule has 0 aliphatic heterocycles. The second-order valence-electron chi connectivity index (χ2n) is 4.14. The summed E-state index contributed by atoms with van der Waals surface area (Å²) in [5.74, 6) is 0.384.